The highest BCUT2D eigenvalue weighted by atomic mass is 19.3. The fourth-order valence-electron chi connectivity index (χ4n) is 5.25. The molecule has 0 bridgehead atoms. The first-order chi connectivity index (χ1) is 16.0. The molecule has 0 atom stereocenters. The van der Waals surface area contributed by atoms with Crippen molar-refractivity contribution >= 4 is 5.71 Å². The van der Waals surface area contributed by atoms with Crippen LogP contribution in [-0.2, 0) is 23.0 Å². The lowest BCUT2D eigenvalue weighted by Crippen LogP contribution is -2.36. The lowest BCUT2D eigenvalue weighted by atomic mass is 9.72. The van der Waals surface area contributed by atoms with Gasteiger partial charge in [0, 0.05) is 42.7 Å². The highest BCUT2D eigenvalue weighted by Gasteiger charge is 2.41. The van der Waals surface area contributed by atoms with Gasteiger partial charge >= 0.3 is 0 Å². The number of nitrogens with zero attached hydrogens (tertiary/aromatic N) is 4. The molecule has 5 nitrogen and oxygen atoms in total. The zero-order valence-corrected chi connectivity index (χ0v) is 19.1. The highest BCUT2D eigenvalue weighted by molar-refractivity contribution is 6.08. The van der Waals surface area contributed by atoms with E-state index in [0.29, 0.717) is 25.3 Å². The summed E-state index contributed by atoms with van der Waals surface area (Å²) in [7, 11) is 0. The summed E-state index contributed by atoms with van der Waals surface area (Å²) in [6, 6.07) is 9.89. The number of fused-ring (bicyclic) bond motifs is 1. The van der Waals surface area contributed by atoms with Gasteiger partial charge in [0.05, 0.1) is 18.0 Å². The predicted octanol–water partition coefficient (Wildman–Crippen LogP) is 6.28. The molecule has 0 N–H and O–H groups in total. The SMILES string of the molecule is CC1(c2nc3c(c(-c4ccccc4)c2/C2=N\N=NCCCC2)CC(F)(F)CC3)CCOCC1. The quantitative estimate of drug-likeness (QED) is 0.550. The summed E-state index contributed by atoms with van der Waals surface area (Å²) in [6.45, 7) is 4.23. The number of aromatic nitrogens is 1. The summed E-state index contributed by atoms with van der Waals surface area (Å²) in [5.41, 5.74) is 5.71. The molecule has 1 saturated heterocycles. The first kappa shape index (κ1) is 22.3. The fraction of sp³-hybridized carbons (Fsp3) is 0.538. The molecule has 33 heavy (non-hydrogen) atoms. The minimum atomic E-state index is -2.73. The second-order valence-corrected chi connectivity index (χ2v) is 9.67. The van der Waals surface area contributed by atoms with E-state index in [1.807, 2.05) is 30.3 Å². The number of pyridine rings is 1. The van der Waals surface area contributed by atoms with Crippen molar-refractivity contribution in [2.24, 2.45) is 15.4 Å². The summed E-state index contributed by atoms with van der Waals surface area (Å²) in [5, 5.41) is 12.8. The molecular formula is C26H30F2N4O. The van der Waals surface area contributed by atoms with Crippen LogP contribution in [-0.4, -0.2) is 36.4 Å². The van der Waals surface area contributed by atoms with Crippen LogP contribution >= 0.6 is 0 Å². The monoisotopic (exact) mass is 452 g/mol. The van der Waals surface area contributed by atoms with E-state index in [1.54, 1.807) is 0 Å². The Kier molecular flexibility index (Phi) is 6.08. The maximum Gasteiger partial charge on any atom is 0.252 e. The van der Waals surface area contributed by atoms with Gasteiger partial charge in [0.25, 0.3) is 5.92 Å². The molecule has 0 radical (unpaired) electrons. The van der Waals surface area contributed by atoms with Crippen molar-refractivity contribution in [3.8, 4) is 11.1 Å². The van der Waals surface area contributed by atoms with E-state index < -0.39 is 5.92 Å². The Bertz CT molecular complexity index is 1080. The number of halogens is 2. The topological polar surface area (TPSA) is 59.2 Å². The summed E-state index contributed by atoms with van der Waals surface area (Å²) >= 11 is 0. The van der Waals surface area contributed by atoms with Crippen LogP contribution in [0, 0.1) is 0 Å². The Labute approximate surface area is 193 Å². The van der Waals surface area contributed by atoms with Gasteiger partial charge in [-0.3, -0.25) is 4.98 Å². The van der Waals surface area contributed by atoms with Crippen LogP contribution in [0.3, 0.4) is 0 Å². The van der Waals surface area contributed by atoms with Crippen LogP contribution in [0.15, 0.2) is 45.8 Å². The molecule has 1 aromatic heterocycles. The molecule has 7 heteroatoms. The van der Waals surface area contributed by atoms with E-state index in [2.05, 4.69) is 22.4 Å². The first-order valence-corrected chi connectivity index (χ1v) is 12.0. The second-order valence-electron chi connectivity index (χ2n) is 9.67. The van der Waals surface area contributed by atoms with Gasteiger partial charge < -0.3 is 4.74 Å². The third-order valence-corrected chi connectivity index (χ3v) is 7.22. The van der Waals surface area contributed by atoms with Gasteiger partial charge in [-0.15, -0.1) is 5.10 Å². The lowest BCUT2D eigenvalue weighted by molar-refractivity contribution is -0.0127. The van der Waals surface area contributed by atoms with E-state index in [4.69, 9.17) is 9.72 Å². The molecule has 1 fully saturated rings. The van der Waals surface area contributed by atoms with Gasteiger partial charge in [0.1, 0.15) is 0 Å². The van der Waals surface area contributed by atoms with Crippen molar-refractivity contribution in [3.05, 3.63) is 52.8 Å². The molecule has 5 rings (SSSR count). The van der Waals surface area contributed by atoms with Gasteiger partial charge in [-0.25, -0.2) is 8.78 Å². The van der Waals surface area contributed by atoms with Gasteiger partial charge in [0.15, 0.2) is 0 Å². The number of aryl methyl sites for hydroxylation is 1. The second kappa shape index (κ2) is 9.01. The van der Waals surface area contributed by atoms with Crippen molar-refractivity contribution in [2.75, 3.05) is 19.8 Å². The predicted molar refractivity (Wildman–Crippen MR) is 124 cm³/mol. The van der Waals surface area contributed by atoms with Crippen LogP contribution in [0.5, 0.6) is 0 Å². The normalized spacial score (nSPS) is 23.7. The molecular weight excluding hydrogens is 422 g/mol. The maximum absolute atomic E-state index is 14.7. The van der Waals surface area contributed by atoms with E-state index in [0.717, 1.165) is 65.9 Å². The Balaban J connectivity index is 1.83. The van der Waals surface area contributed by atoms with Gasteiger partial charge in [-0.1, -0.05) is 37.3 Å². The third kappa shape index (κ3) is 4.47. The molecule has 0 amide bonds. The Hall–Kier alpha value is -2.54. The van der Waals surface area contributed by atoms with Gasteiger partial charge in [-0.2, -0.15) is 5.11 Å². The molecule has 1 aliphatic carbocycles. The average molecular weight is 453 g/mol. The van der Waals surface area contributed by atoms with Crippen molar-refractivity contribution in [2.45, 2.75) is 69.6 Å². The molecule has 1 aromatic carbocycles. The fourth-order valence-corrected chi connectivity index (χ4v) is 5.25. The van der Waals surface area contributed by atoms with E-state index in [9.17, 15) is 8.78 Å². The number of rotatable bonds is 3. The summed E-state index contributed by atoms with van der Waals surface area (Å²) in [6.07, 6.45) is 4.11. The number of benzene rings is 1. The Morgan fingerprint density at radius 3 is 2.52 bits per heavy atom. The molecule has 0 unspecified atom stereocenters. The first-order valence-electron chi connectivity index (χ1n) is 12.0. The van der Waals surface area contributed by atoms with E-state index in [-0.39, 0.29) is 24.7 Å². The number of hydrogen-bond acceptors (Lipinski definition) is 5. The smallest absolute Gasteiger partial charge is 0.252 e. The number of alkyl halides is 2. The largest absolute Gasteiger partial charge is 0.381 e. The van der Waals surface area contributed by atoms with Crippen molar-refractivity contribution in [3.63, 3.8) is 0 Å². The minimum Gasteiger partial charge on any atom is -0.381 e. The average Bonchev–Trinajstić information content (AvgIpc) is 2.78. The Morgan fingerprint density at radius 2 is 1.73 bits per heavy atom. The number of hydrogen-bond donors (Lipinski definition) is 0. The van der Waals surface area contributed by atoms with Crippen molar-refractivity contribution in [1.82, 2.24) is 4.98 Å². The van der Waals surface area contributed by atoms with Crippen LogP contribution in [0.2, 0.25) is 0 Å². The molecule has 0 saturated carbocycles. The zero-order chi connectivity index (χ0) is 22.9. The van der Waals surface area contributed by atoms with Crippen molar-refractivity contribution in [1.29, 1.82) is 0 Å². The van der Waals surface area contributed by atoms with Crippen LogP contribution in [0.1, 0.15) is 68.0 Å². The van der Waals surface area contributed by atoms with Gasteiger partial charge in [-0.05, 0) is 60.4 Å². The van der Waals surface area contributed by atoms with E-state index >= 15 is 0 Å². The lowest BCUT2D eigenvalue weighted by Gasteiger charge is -2.37. The van der Waals surface area contributed by atoms with Crippen LogP contribution < -0.4 is 0 Å². The molecule has 3 aliphatic rings. The molecule has 0 spiro atoms. The van der Waals surface area contributed by atoms with Crippen LogP contribution in [0.25, 0.3) is 11.1 Å². The van der Waals surface area contributed by atoms with E-state index in [1.165, 1.54) is 0 Å². The maximum atomic E-state index is 14.7. The number of ether oxygens (including phenoxy) is 1. The summed E-state index contributed by atoms with van der Waals surface area (Å²) in [5.74, 6) is -2.73. The molecule has 2 aromatic rings. The standard InChI is InChI=1S/C26H30F2N4O/c1-25(12-15-33-16-13-25)24-23(21-9-5-6-14-29-32-31-21)22(18-7-3-2-4-8-18)19-17-26(27,28)11-10-20(19)30-24/h2-4,7-8H,5-6,9-17H2,1H3/b31-21-,32-29?. The molecule has 2 aliphatic heterocycles. The summed E-state index contributed by atoms with van der Waals surface area (Å²) in [4.78, 5) is 5.15. The highest BCUT2D eigenvalue weighted by Crippen LogP contribution is 2.45. The molecule has 3 heterocycles. The third-order valence-electron chi connectivity index (χ3n) is 7.22. The van der Waals surface area contributed by atoms with Crippen LogP contribution in [0.4, 0.5) is 8.78 Å². The van der Waals surface area contributed by atoms with Crippen molar-refractivity contribution < 1.29 is 13.5 Å². The minimum absolute atomic E-state index is 0.158. The summed E-state index contributed by atoms with van der Waals surface area (Å²) < 4.78 is 35.1. The molecule has 174 valence electrons. The Morgan fingerprint density at radius 1 is 0.939 bits per heavy atom. The van der Waals surface area contributed by atoms with Gasteiger partial charge in [0.2, 0.25) is 0 Å². The zero-order valence-electron chi connectivity index (χ0n) is 19.1.